The summed E-state index contributed by atoms with van der Waals surface area (Å²) in [6.45, 7) is 1.66. The van der Waals surface area contributed by atoms with Crippen LogP contribution in [0, 0.1) is 0 Å². The summed E-state index contributed by atoms with van der Waals surface area (Å²) in [4.78, 5) is 15.3. The molecule has 0 unspecified atom stereocenters. The lowest BCUT2D eigenvalue weighted by Crippen LogP contribution is -2.31. The number of piperidine rings is 1. The number of nitrogens with zero attached hydrogens (tertiary/aromatic N) is 5. The van der Waals surface area contributed by atoms with Crippen LogP contribution in [0.4, 0.5) is 36.7 Å². The van der Waals surface area contributed by atoms with Gasteiger partial charge in [-0.2, -0.15) is 33.2 Å². The Bertz CT molecular complexity index is 1060. The van der Waals surface area contributed by atoms with E-state index in [0.29, 0.717) is 11.9 Å². The Morgan fingerprint density at radius 1 is 0.844 bits per heavy atom. The van der Waals surface area contributed by atoms with Crippen LogP contribution in [-0.2, 0) is 6.18 Å². The van der Waals surface area contributed by atoms with Gasteiger partial charge >= 0.3 is 6.18 Å². The number of benzene rings is 2. The van der Waals surface area contributed by atoms with Gasteiger partial charge in [0.25, 0.3) is 0 Å². The zero-order valence-electron chi connectivity index (χ0n) is 17.2. The Morgan fingerprint density at radius 3 is 2.28 bits per heavy atom. The summed E-state index contributed by atoms with van der Waals surface area (Å²) in [5.41, 5.74) is 2.64. The molecule has 7 nitrogen and oxygen atoms in total. The van der Waals surface area contributed by atoms with Crippen LogP contribution in [0.3, 0.4) is 0 Å². The minimum Gasteiger partial charge on any atom is -0.341 e. The standard InChI is InChI=1S/C22H22F3N7/c23-22(24,25)18-12-6-5-9-16(18)15-26-31-20-28-19(27-17-10-3-1-4-11-17)29-21(30-20)32-13-7-2-8-14-32/h1,3-6,9-12,15H,2,7-8,13-14H2,(H2,27,28,29,30,31)/b26-15-. The van der Waals surface area contributed by atoms with E-state index in [1.807, 2.05) is 30.3 Å². The van der Waals surface area contributed by atoms with Crippen molar-refractivity contribution in [3.8, 4) is 0 Å². The zero-order valence-corrected chi connectivity index (χ0v) is 17.2. The van der Waals surface area contributed by atoms with Crippen LogP contribution in [0.15, 0.2) is 59.7 Å². The van der Waals surface area contributed by atoms with E-state index in [-0.39, 0.29) is 11.5 Å². The van der Waals surface area contributed by atoms with E-state index in [2.05, 4.69) is 35.7 Å². The number of alkyl halides is 3. The summed E-state index contributed by atoms with van der Waals surface area (Å²) in [7, 11) is 0. The third kappa shape index (κ3) is 5.51. The van der Waals surface area contributed by atoms with Gasteiger partial charge in [0.1, 0.15) is 0 Å². The molecule has 1 aliphatic rings. The molecular formula is C22H22F3N7. The maximum Gasteiger partial charge on any atom is 0.417 e. The lowest BCUT2D eigenvalue weighted by atomic mass is 10.1. The molecule has 2 N–H and O–H groups in total. The van der Waals surface area contributed by atoms with Crippen molar-refractivity contribution in [2.75, 3.05) is 28.7 Å². The molecule has 0 atom stereocenters. The largest absolute Gasteiger partial charge is 0.417 e. The van der Waals surface area contributed by atoms with Crippen molar-refractivity contribution < 1.29 is 13.2 Å². The van der Waals surface area contributed by atoms with Crippen LogP contribution in [0.2, 0.25) is 0 Å². The number of halogens is 3. The Labute approximate surface area is 183 Å². The number of anilines is 4. The van der Waals surface area contributed by atoms with Crippen LogP contribution < -0.4 is 15.6 Å². The summed E-state index contributed by atoms with van der Waals surface area (Å²) >= 11 is 0. The van der Waals surface area contributed by atoms with Crippen LogP contribution in [-0.4, -0.2) is 34.3 Å². The molecule has 1 saturated heterocycles. The number of hydrogen-bond donors (Lipinski definition) is 2. The topological polar surface area (TPSA) is 78.3 Å². The van der Waals surface area contributed by atoms with Gasteiger partial charge in [-0.1, -0.05) is 36.4 Å². The average Bonchev–Trinajstić information content (AvgIpc) is 2.80. The molecule has 10 heteroatoms. The molecule has 0 amide bonds. The van der Waals surface area contributed by atoms with Gasteiger partial charge in [-0.25, -0.2) is 5.43 Å². The van der Waals surface area contributed by atoms with Crippen molar-refractivity contribution in [2.45, 2.75) is 25.4 Å². The quantitative estimate of drug-likeness (QED) is 0.411. The Hall–Kier alpha value is -3.69. The van der Waals surface area contributed by atoms with E-state index in [9.17, 15) is 13.2 Å². The van der Waals surface area contributed by atoms with Crippen LogP contribution in [0.1, 0.15) is 30.4 Å². The maximum absolute atomic E-state index is 13.2. The molecule has 4 rings (SSSR count). The second-order valence-corrected chi connectivity index (χ2v) is 7.28. The van der Waals surface area contributed by atoms with Crippen molar-refractivity contribution in [3.63, 3.8) is 0 Å². The predicted octanol–water partition coefficient (Wildman–Crippen LogP) is 5.07. The van der Waals surface area contributed by atoms with E-state index in [1.165, 1.54) is 18.2 Å². The molecule has 32 heavy (non-hydrogen) atoms. The predicted molar refractivity (Wildman–Crippen MR) is 118 cm³/mol. The number of hydrogen-bond acceptors (Lipinski definition) is 7. The number of rotatable bonds is 6. The summed E-state index contributed by atoms with van der Waals surface area (Å²) in [5, 5.41) is 7.08. The maximum atomic E-state index is 13.2. The molecule has 1 aliphatic heterocycles. The Kier molecular flexibility index (Phi) is 6.48. The number of nitrogens with one attached hydrogen (secondary N) is 2. The molecule has 0 aliphatic carbocycles. The first kappa shape index (κ1) is 21.5. The molecule has 2 aromatic carbocycles. The Balaban J connectivity index is 1.58. The molecule has 0 spiro atoms. The highest BCUT2D eigenvalue weighted by molar-refractivity contribution is 5.82. The molecule has 0 bridgehead atoms. The monoisotopic (exact) mass is 441 g/mol. The number of hydrazone groups is 1. The fourth-order valence-corrected chi connectivity index (χ4v) is 3.38. The van der Waals surface area contributed by atoms with Gasteiger partial charge in [0.05, 0.1) is 11.8 Å². The van der Waals surface area contributed by atoms with E-state index in [0.717, 1.165) is 50.3 Å². The lowest BCUT2D eigenvalue weighted by Gasteiger charge is -2.26. The summed E-state index contributed by atoms with van der Waals surface area (Å²) < 4.78 is 39.6. The van der Waals surface area contributed by atoms with Crippen LogP contribution >= 0.6 is 0 Å². The summed E-state index contributed by atoms with van der Waals surface area (Å²) in [6, 6.07) is 14.7. The van der Waals surface area contributed by atoms with Crippen molar-refractivity contribution in [2.24, 2.45) is 5.10 Å². The van der Waals surface area contributed by atoms with Crippen molar-refractivity contribution in [3.05, 3.63) is 65.7 Å². The van der Waals surface area contributed by atoms with Gasteiger partial charge < -0.3 is 10.2 Å². The molecule has 0 radical (unpaired) electrons. The minimum absolute atomic E-state index is 0.0551. The molecule has 1 aromatic heterocycles. The van der Waals surface area contributed by atoms with E-state index in [1.54, 1.807) is 0 Å². The highest BCUT2D eigenvalue weighted by atomic mass is 19.4. The zero-order chi connectivity index (χ0) is 22.4. The van der Waals surface area contributed by atoms with Gasteiger partial charge in [0, 0.05) is 24.3 Å². The van der Waals surface area contributed by atoms with Crippen LogP contribution in [0.5, 0.6) is 0 Å². The van der Waals surface area contributed by atoms with E-state index < -0.39 is 11.7 Å². The first-order chi connectivity index (χ1) is 15.5. The van der Waals surface area contributed by atoms with Gasteiger partial charge in [-0.05, 0) is 37.5 Å². The number of para-hydroxylation sites is 1. The third-order valence-corrected chi connectivity index (χ3v) is 4.93. The average molecular weight is 441 g/mol. The normalized spacial score (nSPS) is 14.5. The van der Waals surface area contributed by atoms with Gasteiger partial charge in [-0.3, -0.25) is 0 Å². The first-order valence-corrected chi connectivity index (χ1v) is 10.3. The third-order valence-electron chi connectivity index (χ3n) is 4.93. The molecule has 0 saturated carbocycles. The molecule has 166 valence electrons. The van der Waals surface area contributed by atoms with Gasteiger partial charge in [-0.15, -0.1) is 0 Å². The highest BCUT2D eigenvalue weighted by Crippen LogP contribution is 2.31. The molecular weight excluding hydrogens is 419 g/mol. The van der Waals surface area contributed by atoms with Crippen molar-refractivity contribution >= 4 is 29.7 Å². The summed E-state index contributed by atoms with van der Waals surface area (Å²) in [6.07, 6.45) is -0.114. The SMILES string of the molecule is FC(F)(F)c1ccccc1/C=N\Nc1nc(Nc2ccccc2)nc(N2CCCCC2)n1. The fourth-order valence-electron chi connectivity index (χ4n) is 3.38. The Morgan fingerprint density at radius 2 is 1.53 bits per heavy atom. The number of aromatic nitrogens is 3. The summed E-state index contributed by atoms with van der Waals surface area (Å²) in [5.74, 6) is 0.950. The second kappa shape index (κ2) is 9.63. The van der Waals surface area contributed by atoms with Gasteiger partial charge in [0.15, 0.2) is 0 Å². The lowest BCUT2D eigenvalue weighted by molar-refractivity contribution is -0.137. The van der Waals surface area contributed by atoms with Gasteiger partial charge in [0.2, 0.25) is 17.8 Å². The molecule has 2 heterocycles. The highest BCUT2D eigenvalue weighted by Gasteiger charge is 2.32. The van der Waals surface area contributed by atoms with Crippen molar-refractivity contribution in [1.29, 1.82) is 0 Å². The second-order valence-electron chi connectivity index (χ2n) is 7.28. The molecule has 3 aromatic rings. The van der Waals surface area contributed by atoms with E-state index >= 15 is 0 Å². The van der Waals surface area contributed by atoms with Crippen molar-refractivity contribution in [1.82, 2.24) is 15.0 Å². The minimum atomic E-state index is -4.47. The smallest absolute Gasteiger partial charge is 0.341 e. The van der Waals surface area contributed by atoms with Crippen LogP contribution in [0.25, 0.3) is 0 Å². The van der Waals surface area contributed by atoms with E-state index in [4.69, 9.17) is 0 Å². The fraction of sp³-hybridized carbons (Fsp3) is 0.273. The molecule has 1 fully saturated rings. The first-order valence-electron chi connectivity index (χ1n) is 10.3.